The Morgan fingerprint density at radius 2 is 1.85 bits per heavy atom. The Hall–Kier alpha value is -4.83. The van der Waals surface area contributed by atoms with Crippen LogP contribution in [0.4, 0.5) is 34.6 Å². The van der Waals surface area contributed by atoms with Gasteiger partial charge in [0.05, 0.1) is 45.9 Å². The zero-order chi connectivity index (χ0) is 28.0. The van der Waals surface area contributed by atoms with Crippen molar-refractivity contribution in [2.75, 3.05) is 10.6 Å². The number of hydrogen-bond acceptors (Lipinski definition) is 8. The summed E-state index contributed by atoms with van der Waals surface area (Å²) in [6.07, 6.45) is 5.93. The summed E-state index contributed by atoms with van der Waals surface area (Å²) in [5.74, 6) is -4.47. The van der Waals surface area contributed by atoms with E-state index in [4.69, 9.17) is 11.6 Å². The van der Waals surface area contributed by atoms with Crippen molar-refractivity contribution < 1.29 is 17.6 Å². The van der Waals surface area contributed by atoms with Crippen molar-refractivity contribution in [1.29, 1.82) is 5.26 Å². The fourth-order valence-corrected chi connectivity index (χ4v) is 4.52. The summed E-state index contributed by atoms with van der Waals surface area (Å²) < 4.78 is 57.4. The second kappa shape index (κ2) is 10.0. The van der Waals surface area contributed by atoms with Crippen LogP contribution in [0.15, 0.2) is 48.9 Å². The van der Waals surface area contributed by atoms with Crippen molar-refractivity contribution in [3.63, 3.8) is 0 Å². The van der Waals surface area contributed by atoms with Gasteiger partial charge in [-0.25, -0.2) is 14.1 Å². The van der Waals surface area contributed by atoms with Crippen LogP contribution in [0.5, 0.6) is 0 Å². The lowest BCUT2D eigenvalue weighted by molar-refractivity contribution is 0.480. The summed E-state index contributed by atoms with van der Waals surface area (Å²) in [4.78, 5) is 10.9. The Morgan fingerprint density at radius 3 is 2.58 bits per heavy atom. The quantitative estimate of drug-likeness (QED) is 0.183. The maximum Gasteiger partial charge on any atom is 0.249 e. The predicted octanol–water partition coefficient (Wildman–Crippen LogP) is 5.98. The lowest BCUT2D eigenvalue weighted by Gasteiger charge is -2.20. The van der Waals surface area contributed by atoms with Crippen LogP contribution < -0.4 is 10.6 Å². The van der Waals surface area contributed by atoms with Crippen molar-refractivity contribution in [2.24, 2.45) is 0 Å². The van der Waals surface area contributed by atoms with E-state index in [0.717, 1.165) is 31.2 Å². The van der Waals surface area contributed by atoms with Gasteiger partial charge in [-0.15, -0.1) is 5.10 Å². The second-order valence-electron chi connectivity index (χ2n) is 9.08. The molecule has 0 unspecified atom stereocenters. The molecule has 2 N–H and O–H groups in total. The summed E-state index contributed by atoms with van der Waals surface area (Å²) in [6, 6.07) is 7.59. The Labute approximate surface area is 228 Å². The molecule has 0 amide bonds. The van der Waals surface area contributed by atoms with E-state index in [0.29, 0.717) is 22.3 Å². The Balaban J connectivity index is 1.45. The van der Waals surface area contributed by atoms with E-state index >= 15 is 0 Å². The molecule has 4 aromatic heterocycles. The molecular weight excluding hydrogens is 550 g/mol. The zero-order valence-corrected chi connectivity index (χ0v) is 21.0. The molecule has 5 aromatic rings. The molecule has 0 bridgehead atoms. The number of pyridine rings is 3. The fourth-order valence-electron chi connectivity index (χ4n) is 4.25. The van der Waals surface area contributed by atoms with E-state index < -0.39 is 29.7 Å². The Kier molecular flexibility index (Phi) is 6.39. The molecule has 6 rings (SSSR count). The monoisotopic (exact) mass is 565 g/mol. The molecule has 0 spiro atoms. The third kappa shape index (κ3) is 4.85. The topological polar surface area (TPSA) is 117 Å². The smallest absolute Gasteiger partial charge is 0.249 e. The molecule has 0 radical (unpaired) electrons. The number of hydrogen-bond donors (Lipinski definition) is 2. The number of benzene rings is 1. The SMILES string of the molecule is N#Cc1cnc2c(Cl)cc(N[C@H](c3cn(C4CC4)nn3)c3ccc(F)nc3F)cc2c1Nc1cnc(F)c(F)c1. The molecule has 9 nitrogen and oxygen atoms in total. The van der Waals surface area contributed by atoms with Crippen molar-refractivity contribution in [2.45, 2.75) is 24.9 Å². The second-order valence-corrected chi connectivity index (χ2v) is 9.49. The Bertz CT molecular complexity index is 1820. The first-order valence-corrected chi connectivity index (χ1v) is 12.3. The number of anilines is 3. The van der Waals surface area contributed by atoms with Gasteiger partial charge in [-0.3, -0.25) is 4.98 Å². The van der Waals surface area contributed by atoms with E-state index in [-0.39, 0.29) is 33.6 Å². The van der Waals surface area contributed by atoms with E-state index in [2.05, 4.69) is 35.9 Å². The molecule has 0 aliphatic heterocycles. The van der Waals surface area contributed by atoms with Crippen LogP contribution in [0, 0.1) is 35.0 Å². The molecule has 0 saturated heterocycles. The lowest BCUT2D eigenvalue weighted by Crippen LogP contribution is -2.16. The minimum Gasteiger partial charge on any atom is -0.372 e. The summed E-state index contributed by atoms with van der Waals surface area (Å²) in [7, 11) is 0. The summed E-state index contributed by atoms with van der Waals surface area (Å²) in [5.41, 5.74) is 1.39. The lowest BCUT2D eigenvalue weighted by atomic mass is 10.0. The molecule has 40 heavy (non-hydrogen) atoms. The van der Waals surface area contributed by atoms with Gasteiger partial charge in [0, 0.05) is 28.9 Å². The standard InChI is InChI=1S/C26H16ClF4N9/c27-18-6-13(5-17-22(12(8-32)9-33-23(17)18)36-14-7-19(28)26(31)34-10-14)35-24(16-3-4-21(29)37-25(16)30)20-11-40(39-38-20)15-1-2-15/h3-7,9-11,15,24,35H,1-2H2,(H,33,36)/t24-/m0/s1. The van der Waals surface area contributed by atoms with Gasteiger partial charge in [0.25, 0.3) is 0 Å². The van der Waals surface area contributed by atoms with Gasteiger partial charge < -0.3 is 10.6 Å². The number of fused-ring (bicyclic) bond motifs is 1. The molecule has 1 aliphatic rings. The van der Waals surface area contributed by atoms with E-state index in [1.165, 1.54) is 12.3 Å². The first kappa shape index (κ1) is 25.4. The minimum atomic E-state index is -1.27. The highest BCUT2D eigenvalue weighted by Gasteiger charge is 2.28. The predicted molar refractivity (Wildman–Crippen MR) is 137 cm³/mol. The van der Waals surface area contributed by atoms with Crippen LogP contribution in [0.1, 0.15) is 41.7 Å². The van der Waals surface area contributed by atoms with Gasteiger partial charge >= 0.3 is 0 Å². The molecule has 200 valence electrons. The molecule has 1 fully saturated rings. The molecule has 1 atom stereocenters. The van der Waals surface area contributed by atoms with Crippen molar-refractivity contribution in [3.8, 4) is 6.07 Å². The molecule has 4 heterocycles. The van der Waals surface area contributed by atoms with Crippen LogP contribution in [0.25, 0.3) is 10.9 Å². The molecular formula is C26H16ClF4N9. The number of rotatable bonds is 7. The maximum atomic E-state index is 14.9. The summed E-state index contributed by atoms with van der Waals surface area (Å²) >= 11 is 6.56. The highest BCUT2D eigenvalue weighted by Crippen LogP contribution is 2.38. The fraction of sp³-hybridized carbons (Fsp3) is 0.154. The number of halogens is 5. The average Bonchev–Trinajstić information content (AvgIpc) is 3.66. The van der Waals surface area contributed by atoms with Gasteiger partial charge in [-0.05, 0) is 37.1 Å². The van der Waals surface area contributed by atoms with Crippen LogP contribution in [0.2, 0.25) is 5.02 Å². The maximum absolute atomic E-state index is 14.9. The van der Waals surface area contributed by atoms with Crippen LogP contribution in [0.3, 0.4) is 0 Å². The number of nitrogens with one attached hydrogen (secondary N) is 2. The van der Waals surface area contributed by atoms with Crippen LogP contribution in [-0.2, 0) is 0 Å². The largest absolute Gasteiger partial charge is 0.372 e. The zero-order valence-electron chi connectivity index (χ0n) is 20.2. The highest BCUT2D eigenvalue weighted by molar-refractivity contribution is 6.36. The average molecular weight is 566 g/mol. The third-order valence-corrected chi connectivity index (χ3v) is 6.61. The van der Waals surface area contributed by atoms with Gasteiger partial charge in [0.1, 0.15) is 17.8 Å². The van der Waals surface area contributed by atoms with Crippen LogP contribution in [-0.4, -0.2) is 29.9 Å². The van der Waals surface area contributed by atoms with Gasteiger partial charge in [-0.2, -0.15) is 23.4 Å². The summed E-state index contributed by atoms with van der Waals surface area (Å²) in [5, 5.41) is 24.6. The molecule has 14 heteroatoms. The minimum absolute atomic E-state index is 0.00979. The van der Waals surface area contributed by atoms with Crippen molar-refractivity contribution in [1.82, 2.24) is 29.9 Å². The number of nitrogens with zero attached hydrogens (tertiary/aromatic N) is 7. The van der Waals surface area contributed by atoms with Crippen molar-refractivity contribution in [3.05, 3.63) is 94.4 Å². The normalized spacial score (nSPS) is 13.7. The first-order chi connectivity index (χ1) is 19.3. The van der Waals surface area contributed by atoms with Crippen LogP contribution >= 0.6 is 11.6 Å². The molecule has 1 saturated carbocycles. The van der Waals surface area contributed by atoms with Gasteiger partial charge in [0.15, 0.2) is 5.82 Å². The van der Waals surface area contributed by atoms with Crippen molar-refractivity contribution >= 4 is 39.6 Å². The number of nitriles is 1. The first-order valence-electron chi connectivity index (χ1n) is 11.9. The molecule has 1 aromatic carbocycles. The summed E-state index contributed by atoms with van der Waals surface area (Å²) in [6.45, 7) is 0. The van der Waals surface area contributed by atoms with E-state index in [1.54, 1.807) is 23.0 Å². The van der Waals surface area contributed by atoms with E-state index in [1.807, 2.05) is 6.07 Å². The third-order valence-electron chi connectivity index (χ3n) is 6.32. The van der Waals surface area contributed by atoms with Gasteiger partial charge in [0.2, 0.25) is 17.8 Å². The van der Waals surface area contributed by atoms with E-state index in [9.17, 15) is 22.8 Å². The Morgan fingerprint density at radius 1 is 1.02 bits per heavy atom. The highest BCUT2D eigenvalue weighted by atomic mass is 35.5. The molecule has 1 aliphatic carbocycles. The van der Waals surface area contributed by atoms with Gasteiger partial charge in [-0.1, -0.05) is 16.8 Å². The number of aromatic nitrogens is 6.